The Morgan fingerprint density at radius 3 is 3.00 bits per heavy atom. The number of nitriles is 1. The molecule has 1 atom stereocenters. The smallest absolute Gasteiger partial charge is 0.0674 e. The molecule has 60 valence electrons. The average molecular weight is 150 g/mol. The molecule has 1 unspecified atom stereocenters. The van der Waals surface area contributed by atoms with E-state index in [-0.39, 0.29) is 5.92 Å². The Kier molecular flexibility index (Phi) is 2.53. The lowest BCUT2D eigenvalue weighted by atomic mass is 9.99. The van der Waals surface area contributed by atoms with Gasteiger partial charge in [-0.2, -0.15) is 5.26 Å². The summed E-state index contributed by atoms with van der Waals surface area (Å²) in [5, 5.41) is 8.68. The van der Waals surface area contributed by atoms with Crippen molar-refractivity contribution in [2.24, 2.45) is 5.92 Å². The second-order valence-corrected chi connectivity index (χ2v) is 3.15. The van der Waals surface area contributed by atoms with E-state index in [9.17, 15) is 0 Å². The van der Waals surface area contributed by atoms with E-state index in [0.717, 1.165) is 31.6 Å². The molecule has 0 bridgehead atoms. The number of nitrogens with zero attached hydrogens (tertiary/aromatic N) is 2. The van der Waals surface area contributed by atoms with Crippen molar-refractivity contribution < 1.29 is 0 Å². The molecule has 0 aliphatic carbocycles. The van der Waals surface area contributed by atoms with E-state index in [0.29, 0.717) is 0 Å². The molecule has 1 heterocycles. The van der Waals surface area contributed by atoms with Gasteiger partial charge in [0.15, 0.2) is 0 Å². The standard InChI is InChI=1S/C9H14N2/c1-8(2)11-5-3-4-9(6-10)7-11/h9H,1,3-5,7H2,2H3. The van der Waals surface area contributed by atoms with Gasteiger partial charge in [-0.3, -0.25) is 0 Å². The van der Waals surface area contributed by atoms with E-state index in [4.69, 9.17) is 5.26 Å². The Labute approximate surface area is 68.1 Å². The first-order valence-corrected chi connectivity index (χ1v) is 4.04. The second kappa shape index (κ2) is 3.43. The Balaban J connectivity index is 2.47. The lowest BCUT2D eigenvalue weighted by Gasteiger charge is -2.31. The maximum atomic E-state index is 8.68. The number of hydrogen-bond donors (Lipinski definition) is 0. The number of hydrogen-bond acceptors (Lipinski definition) is 2. The van der Waals surface area contributed by atoms with Crippen LogP contribution in [0.5, 0.6) is 0 Å². The summed E-state index contributed by atoms with van der Waals surface area (Å²) >= 11 is 0. The molecule has 1 fully saturated rings. The predicted molar refractivity (Wildman–Crippen MR) is 44.7 cm³/mol. The van der Waals surface area contributed by atoms with E-state index in [2.05, 4.69) is 17.5 Å². The third-order valence-electron chi connectivity index (χ3n) is 2.14. The van der Waals surface area contributed by atoms with Gasteiger partial charge in [-0.05, 0) is 19.8 Å². The summed E-state index contributed by atoms with van der Waals surface area (Å²) in [5.74, 6) is 0.223. The zero-order valence-corrected chi connectivity index (χ0v) is 7.01. The highest BCUT2D eigenvalue weighted by atomic mass is 15.1. The first-order valence-electron chi connectivity index (χ1n) is 4.04. The predicted octanol–water partition coefficient (Wildman–Crippen LogP) is 1.76. The fourth-order valence-corrected chi connectivity index (χ4v) is 1.43. The Morgan fingerprint density at radius 1 is 1.73 bits per heavy atom. The maximum Gasteiger partial charge on any atom is 0.0674 e. The molecule has 0 aromatic heterocycles. The Bertz CT molecular complexity index is 190. The second-order valence-electron chi connectivity index (χ2n) is 3.15. The van der Waals surface area contributed by atoms with Crippen LogP contribution in [-0.2, 0) is 0 Å². The van der Waals surface area contributed by atoms with Gasteiger partial charge in [0.05, 0.1) is 12.0 Å². The first kappa shape index (κ1) is 8.13. The summed E-state index contributed by atoms with van der Waals surface area (Å²) in [6.07, 6.45) is 2.19. The molecule has 2 nitrogen and oxygen atoms in total. The number of allylic oxidation sites excluding steroid dienone is 1. The van der Waals surface area contributed by atoms with Crippen LogP contribution in [0.4, 0.5) is 0 Å². The van der Waals surface area contributed by atoms with Gasteiger partial charge in [-0.25, -0.2) is 0 Å². The summed E-state index contributed by atoms with van der Waals surface area (Å²) in [6.45, 7) is 7.82. The van der Waals surface area contributed by atoms with E-state index < -0.39 is 0 Å². The fourth-order valence-electron chi connectivity index (χ4n) is 1.43. The van der Waals surface area contributed by atoms with Crippen LogP contribution >= 0.6 is 0 Å². The van der Waals surface area contributed by atoms with Crippen molar-refractivity contribution >= 4 is 0 Å². The summed E-state index contributed by atoms with van der Waals surface area (Å²) in [4.78, 5) is 2.19. The number of piperidine rings is 1. The van der Waals surface area contributed by atoms with Gasteiger partial charge in [-0.1, -0.05) is 6.58 Å². The molecule has 1 rings (SSSR count). The van der Waals surface area contributed by atoms with Crippen LogP contribution < -0.4 is 0 Å². The van der Waals surface area contributed by atoms with Gasteiger partial charge in [0.25, 0.3) is 0 Å². The summed E-state index contributed by atoms with van der Waals surface area (Å²) in [7, 11) is 0. The normalized spacial score (nSPS) is 24.4. The van der Waals surface area contributed by atoms with Crippen LogP contribution in [0.1, 0.15) is 19.8 Å². The average Bonchev–Trinajstić information content (AvgIpc) is 2.05. The SMILES string of the molecule is C=C(C)N1CCCC(C#N)C1. The van der Waals surface area contributed by atoms with Crippen LogP contribution in [-0.4, -0.2) is 18.0 Å². The van der Waals surface area contributed by atoms with Gasteiger partial charge in [0.2, 0.25) is 0 Å². The van der Waals surface area contributed by atoms with E-state index >= 15 is 0 Å². The van der Waals surface area contributed by atoms with Crippen molar-refractivity contribution in [2.75, 3.05) is 13.1 Å². The third-order valence-corrected chi connectivity index (χ3v) is 2.14. The lowest BCUT2D eigenvalue weighted by molar-refractivity contribution is 0.250. The van der Waals surface area contributed by atoms with Crippen LogP contribution in [0.15, 0.2) is 12.3 Å². The van der Waals surface area contributed by atoms with Crippen molar-refractivity contribution in [3.05, 3.63) is 12.3 Å². The van der Waals surface area contributed by atoms with Crippen molar-refractivity contribution in [2.45, 2.75) is 19.8 Å². The topological polar surface area (TPSA) is 27.0 Å². The summed E-state index contributed by atoms with van der Waals surface area (Å²) in [5.41, 5.74) is 1.09. The number of rotatable bonds is 1. The van der Waals surface area contributed by atoms with E-state index in [1.807, 2.05) is 6.92 Å². The van der Waals surface area contributed by atoms with Gasteiger partial charge < -0.3 is 4.90 Å². The molecule has 0 N–H and O–H groups in total. The molecule has 2 heteroatoms. The largest absolute Gasteiger partial charge is 0.374 e. The minimum absolute atomic E-state index is 0.223. The van der Waals surface area contributed by atoms with Crippen molar-refractivity contribution in [3.8, 4) is 6.07 Å². The zero-order chi connectivity index (χ0) is 8.27. The van der Waals surface area contributed by atoms with Crippen LogP contribution in [0.2, 0.25) is 0 Å². The van der Waals surface area contributed by atoms with Gasteiger partial charge in [-0.15, -0.1) is 0 Å². The third kappa shape index (κ3) is 1.98. The minimum atomic E-state index is 0.223. The lowest BCUT2D eigenvalue weighted by Crippen LogP contribution is -2.32. The summed E-state index contributed by atoms with van der Waals surface area (Å²) < 4.78 is 0. The monoisotopic (exact) mass is 150 g/mol. The molecule has 0 saturated carbocycles. The van der Waals surface area contributed by atoms with Crippen molar-refractivity contribution in [1.29, 1.82) is 5.26 Å². The van der Waals surface area contributed by atoms with E-state index in [1.54, 1.807) is 0 Å². The highest BCUT2D eigenvalue weighted by Gasteiger charge is 2.18. The number of likely N-dealkylation sites (tertiary alicyclic amines) is 1. The molecule has 1 saturated heterocycles. The minimum Gasteiger partial charge on any atom is -0.374 e. The highest BCUT2D eigenvalue weighted by molar-refractivity contribution is 4.96. The quantitative estimate of drug-likeness (QED) is 0.569. The molecule has 0 amide bonds. The van der Waals surface area contributed by atoms with Crippen molar-refractivity contribution in [3.63, 3.8) is 0 Å². The van der Waals surface area contributed by atoms with Crippen molar-refractivity contribution in [1.82, 2.24) is 4.90 Å². The molecule has 1 aliphatic heterocycles. The van der Waals surface area contributed by atoms with Gasteiger partial charge >= 0.3 is 0 Å². The fraction of sp³-hybridized carbons (Fsp3) is 0.667. The summed E-state index contributed by atoms with van der Waals surface area (Å²) in [6, 6.07) is 2.31. The Hall–Kier alpha value is -0.970. The molecule has 0 radical (unpaired) electrons. The molecular formula is C9H14N2. The molecular weight excluding hydrogens is 136 g/mol. The molecule has 0 spiro atoms. The molecule has 11 heavy (non-hydrogen) atoms. The molecule has 0 aromatic rings. The van der Waals surface area contributed by atoms with Crippen LogP contribution in [0.3, 0.4) is 0 Å². The maximum absolute atomic E-state index is 8.68. The molecule has 1 aliphatic rings. The zero-order valence-electron chi connectivity index (χ0n) is 7.01. The van der Waals surface area contributed by atoms with Crippen LogP contribution in [0.25, 0.3) is 0 Å². The highest BCUT2D eigenvalue weighted by Crippen LogP contribution is 2.17. The van der Waals surface area contributed by atoms with E-state index in [1.165, 1.54) is 0 Å². The van der Waals surface area contributed by atoms with Crippen LogP contribution in [0, 0.1) is 17.2 Å². The first-order chi connectivity index (χ1) is 5.24. The Morgan fingerprint density at radius 2 is 2.45 bits per heavy atom. The molecule has 0 aromatic carbocycles. The van der Waals surface area contributed by atoms with Gasteiger partial charge in [0.1, 0.15) is 0 Å². The van der Waals surface area contributed by atoms with Gasteiger partial charge in [0, 0.05) is 18.8 Å².